The van der Waals surface area contributed by atoms with Gasteiger partial charge in [-0.3, -0.25) is 4.21 Å². The standard InChI is InChI=1S/C12H18BrNO3S2/c1-9-4-5-11(13)8-12(9)19(16,17)14-10(2)6-7-18(3)15/h4-5,8,10,14H,6-7H2,1-3H3. The number of nitrogens with one attached hydrogen (secondary N) is 1. The topological polar surface area (TPSA) is 63.2 Å². The Morgan fingerprint density at radius 3 is 2.63 bits per heavy atom. The Balaban J connectivity index is 2.86. The molecule has 108 valence electrons. The summed E-state index contributed by atoms with van der Waals surface area (Å²) in [6.07, 6.45) is 2.16. The Bertz CT molecular complexity index is 572. The quantitative estimate of drug-likeness (QED) is 0.837. The summed E-state index contributed by atoms with van der Waals surface area (Å²) in [4.78, 5) is 0.270. The van der Waals surface area contributed by atoms with Crippen LogP contribution in [0.15, 0.2) is 27.6 Å². The summed E-state index contributed by atoms with van der Waals surface area (Å²) in [5.41, 5.74) is 0.696. The van der Waals surface area contributed by atoms with E-state index in [4.69, 9.17) is 0 Å². The van der Waals surface area contributed by atoms with E-state index in [-0.39, 0.29) is 10.9 Å². The van der Waals surface area contributed by atoms with Gasteiger partial charge in [-0.2, -0.15) is 0 Å². The highest BCUT2D eigenvalue weighted by molar-refractivity contribution is 9.10. The molecular formula is C12H18BrNO3S2. The number of rotatable bonds is 6. The van der Waals surface area contributed by atoms with E-state index in [2.05, 4.69) is 20.7 Å². The number of sulfonamides is 1. The van der Waals surface area contributed by atoms with E-state index < -0.39 is 20.8 Å². The Hall–Kier alpha value is -0.240. The van der Waals surface area contributed by atoms with E-state index in [0.29, 0.717) is 17.7 Å². The van der Waals surface area contributed by atoms with Crippen molar-refractivity contribution in [3.05, 3.63) is 28.2 Å². The number of hydrogen-bond acceptors (Lipinski definition) is 3. The average Bonchev–Trinajstić information content (AvgIpc) is 2.29. The summed E-state index contributed by atoms with van der Waals surface area (Å²) in [5, 5.41) is 0. The predicted molar refractivity (Wildman–Crippen MR) is 82.2 cm³/mol. The van der Waals surface area contributed by atoms with Crippen LogP contribution >= 0.6 is 15.9 Å². The van der Waals surface area contributed by atoms with Crippen LogP contribution in [0.4, 0.5) is 0 Å². The van der Waals surface area contributed by atoms with Gasteiger partial charge in [0.05, 0.1) is 4.90 Å². The third-order valence-electron chi connectivity index (χ3n) is 2.63. The second kappa shape index (κ2) is 6.97. The van der Waals surface area contributed by atoms with Gasteiger partial charge in [-0.05, 0) is 38.0 Å². The number of hydrogen-bond donors (Lipinski definition) is 1. The first-order chi connectivity index (χ1) is 8.72. The van der Waals surface area contributed by atoms with Crippen molar-refractivity contribution in [2.24, 2.45) is 0 Å². The van der Waals surface area contributed by atoms with Crippen LogP contribution in [0.5, 0.6) is 0 Å². The Kier molecular flexibility index (Phi) is 6.16. The molecule has 4 nitrogen and oxygen atoms in total. The van der Waals surface area contributed by atoms with Gasteiger partial charge in [0.15, 0.2) is 0 Å². The minimum Gasteiger partial charge on any atom is -0.260 e. The van der Waals surface area contributed by atoms with Crippen molar-refractivity contribution in [1.82, 2.24) is 4.72 Å². The van der Waals surface area contributed by atoms with Crippen LogP contribution in [0.2, 0.25) is 0 Å². The first kappa shape index (κ1) is 16.8. The maximum atomic E-state index is 12.3. The van der Waals surface area contributed by atoms with Crippen LogP contribution in [-0.2, 0) is 20.8 Å². The maximum Gasteiger partial charge on any atom is 0.241 e. The first-order valence-corrected chi connectivity index (χ1v) is 9.81. The fraction of sp³-hybridized carbons (Fsp3) is 0.500. The normalized spacial score (nSPS) is 15.2. The van der Waals surface area contributed by atoms with Gasteiger partial charge in [-0.1, -0.05) is 22.0 Å². The van der Waals surface area contributed by atoms with Gasteiger partial charge in [0.2, 0.25) is 10.0 Å². The van der Waals surface area contributed by atoms with Gasteiger partial charge >= 0.3 is 0 Å². The number of aryl methyl sites for hydroxylation is 1. The van der Waals surface area contributed by atoms with E-state index in [1.165, 1.54) is 0 Å². The molecule has 0 fully saturated rings. The van der Waals surface area contributed by atoms with Crippen molar-refractivity contribution in [2.45, 2.75) is 31.2 Å². The lowest BCUT2D eigenvalue weighted by Gasteiger charge is -2.15. The SMILES string of the molecule is Cc1ccc(Br)cc1S(=O)(=O)NC(C)CCS(C)=O. The molecular weight excluding hydrogens is 350 g/mol. The van der Waals surface area contributed by atoms with Gasteiger partial charge in [0.25, 0.3) is 0 Å². The highest BCUT2D eigenvalue weighted by atomic mass is 79.9. The minimum absolute atomic E-state index is 0.243. The van der Waals surface area contributed by atoms with Crippen LogP contribution in [0.3, 0.4) is 0 Å². The molecule has 0 aliphatic carbocycles. The third kappa shape index (κ3) is 5.33. The fourth-order valence-corrected chi connectivity index (χ4v) is 4.34. The second-order valence-corrected chi connectivity index (χ2v) is 8.65. The molecule has 0 saturated heterocycles. The van der Waals surface area contributed by atoms with E-state index in [9.17, 15) is 12.6 Å². The molecule has 0 aliphatic rings. The van der Waals surface area contributed by atoms with Crippen molar-refractivity contribution < 1.29 is 12.6 Å². The van der Waals surface area contributed by atoms with E-state index in [0.717, 1.165) is 4.47 Å². The van der Waals surface area contributed by atoms with Crippen LogP contribution in [0, 0.1) is 6.92 Å². The third-order valence-corrected chi connectivity index (χ3v) is 5.67. The Morgan fingerprint density at radius 1 is 1.42 bits per heavy atom. The highest BCUT2D eigenvalue weighted by Gasteiger charge is 2.19. The lowest BCUT2D eigenvalue weighted by molar-refractivity contribution is 0.555. The van der Waals surface area contributed by atoms with E-state index in [1.54, 1.807) is 38.3 Å². The molecule has 0 saturated carbocycles. The van der Waals surface area contributed by atoms with Crippen molar-refractivity contribution in [3.8, 4) is 0 Å². The molecule has 1 rings (SSSR count). The summed E-state index contributed by atoms with van der Waals surface area (Å²) < 4.78 is 38.9. The van der Waals surface area contributed by atoms with Crippen LogP contribution in [0.1, 0.15) is 18.9 Å². The van der Waals surface area contributed by atoms with Crippen molar-refractivity contribution in [3.63, 3.8) is 0 Å². The minimum atomic E-state index is -3.54. The molecule has 19 heavy (non-hydrogen) atoms. The van der Waals surface area contributed by atoms with E-state index in [1.807, 2.05) is 0 Å². The summed E-state index contributed by atoms with van der Waals surface area (Å²) in [6.45, 7) is 3.53. The summed E-state index contributed by atoms with van der Waals surface area (Å²) in [5.74, 6) is 0.487. The lowest BCUT2D eigenvalue weighted by atomic mass is 10.2. The highest BCUT2D eigenvalue weighted by Crippen LogP contribution is 2.20. The van der Waals surface area contributed by atoms with Gasteiger partial charge in [0.1, 0.15) is 0 Å². The average molecular weight is 368 g/mol. The molecule has 2 unspecified atom stereocenters. The summed E-state index contributed by atoms with van der Waals surface area (Å²) >= 11 is 3.27. The van der Waals surface area contributed by atoms with Crippen molar-refractivity contribution >= 4 is 36.8 Å². The van der Waals surface area contributed by atoms with Crippen molar-refractivity contribution in [2.75, 3.05) is 12.0 Å². The molecule has 2 atom stereocenters. The monoisotopic (exact) mass is 367 g/mol. The molecule has 0 amide bonds. The first-order valence-electron chi connectivity index (χ1n) is 5.81. The zero-order valence-electron chi connectivity index (χ0n) is 11.1. The second-order valence-electron chi connectivity index (χ2n) is 4.50. The largest absolute Gasteiger partial charge is 0.260 e. The van der Waals surface area contributed by atoms with Crippen LogP contribution in [-0.4, -0.2) is 30.7 Å². The molecule has 0 aliphatic heterocycles. The fourth-order valence-electron chi connectivity index (χ4n) is 1.59. The zero-order valence-corrected chi connectivity index (χ0v) is 14.4. The molecule has 0 heterocycles. The van der Waals surface area contributed by atoms with Gasteiger partial charge in [0, 0.05) is 33.3 Å². The van der Waals surface area contributed by atoms with Crippen LogP contribution < -0.4 is 4.72 Å². The molecule has 0 radical (unpaired) electrons. The summed E-state index contributed by atoms with van der Waals surface area (Å²) in [6, 6.07) is 4.90. The van der Waals surface area contributed by atoms with Gasteiger partial charge in [-0.15, -0.1) is 0 Å². The zero-order chi connectivity index (χ0) is 14.6. The molecule has 0 bridgehead atoms. The molecule has 0 spiro atoms. The molecule has 0 aromatic heterocycles. The number of benzene rings is 1. The molecule has 1 aromatic carbocycles. The van der Waals surface area contributed by atoms with Crippen molar-refractivity contribution in [1.29, 1.82) is 0 Å². The lowest BCUT2D eigenvalue weighted by Crippen LogP contribution is -2.33. The van der Waals surface area contributed by atoms with E-state index >= 15 is 0 Å². The molecule has 1 N–H and O–H groups in total. The maximum absolute atomic E-state index is 12.3. The molecule has 1 aromatic rings. The molecule has 7 heteroatoms. The van der Waals surface area contributed by atoms with Crippen LogP contribution in [0.25, 0.3) is 0 Å². The predicted octanol–water partition coefficient (Wildman–Crippen LogP) is 2.19. The number of halogens is 1. The summed E-state index contributed by atoms with van der Waals surface area (Å²) in [7, 11) is -4.45. The van der Waals surface area contributed by atoms with Gasteiger partial charge in [-0.25, -0.2) is 13.1 Å². The Morgan fingerprint density at radius 2 is 2.05 bits per heavy atom. The smallest absolute Gasteiger partial charge is 0.241 e. The Labute approximate surface area is 125 Å². The van der Waals surface area contributed by atoms with Gasteiger partial charge < -0.3 is 0 Å².